The Kier molecular flexibility index (Phi) is 3.95. The molecule has 1 aromatic heterocycles. The number of methoxy groups -OCH3 is 1. The zero-order valence-corrected chi connectivity index (χ0v) is 8.38. The summed E-state index contributed by atoms with van der Waals surface area (Å²) >= 11 is 0. The Bertz CT molecular complexity index is 344. The lowest BCUT2D eigenvalue weighted by molar-refractivity contribution is 0.114. The first kappa shape index (κ1) is 11.3. The van der Waals surface area contributed by atoms with Crippen LogP contribution < -0.4 is 5.06 Å². The summed E-state index contributed by atoms with van der Waals surface area (Å²) in [6.07, 6.45) is 1.89. The number of aliphatic hydroxyl groups excluding tert-OH is 1. The van der Waals surface area contributed by atoms with Crippen molar-refractivity contribution in [3.8, 4) is 0 Å². The van der Waals surface area contributed by atoms with E-state index in [9.17, 15) is 4.79 Å². The lowest BCUT2D eigenvalue weighted by Crippen LogP contribution is -2.30. The van der Waals surface area contributed by atoms with E-state index in [1.54, 1.807) is 0 Å². The minimum atomic E-state index is -0.720. The Morgan fingerprint density at radius 1 is 1.60 bits per heavy atom. The van der Waals surface area contributed by atoms with E-state index in [-0.39, 0.29) is 18.0 Å². The SMILES string of the molecule is COC(=O)N(OC)c1cncnc1CO. The standard InChI is InChI=1S/C8H11N3O4/c1-14-8(13)11(15-2)7-3-9-5-10-6(7)4-12/h3,5,12H,4H2,1-2H3. The van der Waals surface area contributed by atoms with Crippen LogP contribution in [0.4, 0.5) is 10.5 Å². The number of hydrogen-bond donors (Lipinski definition) is 1. The molecular weight excluding hydrogens is 202 g/mol. The number of aliphatic hydroxyl groups is 1. The molecule has 0 radical (unpaired) electrons. The predicted molar refractivity (Wildman–Crippen MR) is 49.8 cm³/mol. The number of carbonyl (C=O) groups is 1. The molecule has 0 aliphatic heterocycles. The van der Waals surface area contributed by atoms with Gasteiger partial charge in [0, 0.05) is 0 Å². The number of nitrogens with zero attached hydrogens (tertiary/aromatic N) is 3. The first-order chi connectivity index (χ1) is 7.24. The van der Waals surface area contributed by atoms with Gasteiger partial charge in [-0.15, -0.1) is 5.06 Å². The minimum Gasteiger partial charge on any atom is -0.451 e. The first-order valence-corrected chi connectivity index (χ1v) is 4.06. The summed E-state index contributed by atoms with van der Waals surface area (Å²) in [5.74, 6) is 0. The Balaban J connectivity index is 3.05. The van der Waals surface area contributed by atoms with E-state index >= 15 is 0 Å². The molecule has 82 valence electrons. The highest BCUT2D eigenvalue weighted by molar-refractivity contribution is 5.85. The molecule has 1 N–H and O–H groups in total. The third-order valence-electron chi connectivity index (χ3n) is 1.66. The maximum absolute atomic E-state index is 11.3. The highest BCUT2D eigenvalue weighted by Crippen LogP contribution is 2.17. The van der Waals surface area contributed by atoms with Gasteiger partial charge in [-0.25, -0.2) is 14.8 Å². The minimum absolute atomic E-state index is 0.245. The molecule has 0 spiro atoms. The number of anilines is 1. The van der Waals surface area contributed by atoms with Crippen molar-refractivity contribution >= 4 is 11.8 Å². The van der Waals surface area contributed by atoms with Gasteiger partial charge in [0.15, 0.2) is 0 Å². The second kappa shape index (κ2) is 5.23. The van der Waals surface area contributed by atoms with Gasteiger partial charge in [-0.1, -0.05) is 0 Å². The van der Waals surface area contributed by atoms with E-state index in [1.165, 1.54) is 26.7 Å². The van der Waals surface area contributed by atoms with Gasteiger partial charge in [0.05, 0.1) is 32.7 Å². The van der Waals surface area contributed by atoms with Gasteiger partial charge >= 0.3 is 6.09 Å². The Labute approximate surface area is 86.2 Å². The van der Waals surface area contributed by atoms with Crippen molar-refractivity contribution in [2.75, 3.05) is 19.3 Å². The quantitative estimate of drug-likeness (QED) is 0.717. The van der Waals surface area contributed by atoms with Crippen LogP contribution in [0.2, 0.25) is 0 Å². The van der Waals surface area contributed by atoms with Crippen LogP contribution in [-0.2, 0) is 16.2 Å². The fourth-order valence-electron chi connectivity index (χ4n) is 0.993. The van der Waals surface area contributed by atoms with E-state index in [0.29, 0.717) is 0 Å². The fourth-order valence-corrected chi connectivity index (χ4v) is 0.993. The highest BCUT2D eigenvalue weighted by atomic mass is 16.7. The molecule has 15 heavy (non-hydrogen) atoms. The van der Waals surface area contributed by atoms with Crippen LogP contribution in [0.15, 0.2) is 12.5 Å². The number of rotatable bonds is 3. The molecule has 1 heterocycles. The van der Waals surface area contributed by atoms with Gasteiger partial charge in [0.1, 0.15) is 12.0 Å². The molecule has 7 heteroatoms. The molecule has 0 bridgehead atoms. The van der Waals surface area contributed by atoms with Crippen molar-refractivity contribution in [1.29, 1.82) is 0 Å². The van der Waals surface area contributed by atoms with E-state index < -0.39 is 6.09 Å². The Morgan fingerprint density at radius 2 is 2.33 bits per heavy atom. The average Bonchev–Trinajstić information content (AvgIpc) is 2.30. The molecule has 1 amide bonds. The van der Waals surface area contributed by atoms with E-state index in [4.69, 9.17) is 9.94 Å². The predicted octanol–water partition coefficient (Wildman–Crippen LogP) is 0.103. The maximum atomic E-state index is 11.3. The van der Waals surface area contributed by atoms with Crippen LogP contribution in [0, 0.1) is 0 Å². The molecule has 1 rings (SSSR count). The monoisotopic (exact) mass is 213 g/mol. The second-order valence-electron chi connectivity index (χ2n) is 2.46. The number of hydroxylamine groups is 1. The second-order valence-corrected chi connectivity index (χ2v) is 2.46. The van der Waals surface area contributed by atoms with Crippen LogP contribution in [0.25, 0.3) is 0 Å². The molecule has 1 aromatic rings. The largest absolute Gasteiger partial charge is 0.451 e. The summed E-state index contributed by atoms with van der Waals surface area (Å²) in [7, 11) is 2.52. The van der Waals surface area contributed by atoms with Crippen molar-refractivity contribution in [3.63, 3.8) is 0 Å². The number of aromatic nitrogens is 2. The third kappa shape index (κ3) is 2.39. The number of carbonyl (C=O) groups excluding carboxylic acids is 1. The summed E-state index contributed by atoms with van der Waals surface area (Å²) in [5.41, 5.74) is 0.520. The molecule has 0 saturated heterocycles. The van der Waals surface area contributed by atoms with Crippen LogP contribution in [0.5, 0.6) is 0 Å². The average molecular weight is 213 g/mol. The van der Waals surface area contributed by atoms with Crippen molar-refractivity contribution in [1.82, 2.24) is 9.97 Å². The van der Waals surface area contributed by atoms with Crippen molar-refractivity contribution in [2.24, 2.45) is 0 Å². The first-order valence-electron chi connectivity index (χ1n) is 4.06. The summed E-state index contributed by atoms with van der Waals surface area (Å²) in [4.78, 5) is 23.6. The zero-order chi connectivity index (χ0) is 11.3. The van der Waals surface area contributed by atoms with Crippen molar-refractivity contribution < 1.29 is 19.5 Å². The number of ether oxygens (including phenoxy) is 1. The van der Waals surface area contributed by atoms with Gasteiger partial charge in [0.2, 0.25) is 0 Å². The molecule has 0 unspecified atom stereocenters. The van der Waals surface area contributed by atoms with Crippen molar-refractivity contribution in [3.05, 3.63) is 18.2 Å². The number of amides is 1. The topological polar surface area (TPSA) is 84.8 Å². The van der Waals surface area contributed by atoms with Crippen molar-refractivity contribution in [2.45, 2.75) is 6.61 Å². The highest BCUT2D eigenvalue weighted by Gasteiger charge is 2.19. The van der Waals surface area contributed by atoms with Crippen LogP contribution in [0.1, 0.15) is 5.69 Å². The molecule has 0 saturated carbocycles. The lowest BCUT2D eigenvalue weighted by atomic mass is 10.3. The van der Waals surface area contributed by atoms with Crippen LogP contribution >= 0.6 is 0 Å². The summed E-state index contributed by atoms with van der Waals surface area (Å²) in [6.45, 7) is -0.325. The van der Waals surface area contributed by atoms with Gasteiger partial charge in [-0.2, -0.15) is 0 Å². The van der Waals surface area contributed by atoms with Crippen LogP contribution in [0.3, 0.4) is 0 Å². The van der Waals surface area contributed by atoms with E-state index in [0.717, 1.165) is 5.06 Å². The zero-order valence-electron chi connectivity index (χ0n) is 8.38. The molecule has 0 aromatic carbocycles. The van der Waals surface area contributed by atoms with E-state index in [2.05, 4.69) is 14.7 Å². The summed E-state index contributed by atoms with van der Waals surface area (Å²) < 4.78 is 4.48. The molecule has 0 aliphatic carbocycles. The van der Waals surface area contributed by atoms with E-state index in [1.807, 2.05) is 0 Å². The normalized spacial score (nSPS) is 9.80. The van der Waals surface area contributed by atoms with Gasteiger partial charge < -0.3 is 9.84 Å². The molecule has 0 fully saturated rings. The summed E-state index contributed by atoms with van der Waals surface area (Å²) in [6, 6.07) is 0. The molecule has 7 nitrogen and oxygen atoms in total. The third-order valence-corrected chi connectivity index (χ3v) is 1.66. The molecular formula is C8H11N3O4. The Morgan fingerprint density at radius 3 is 2.87 bits per heavy atom. The van der Waals surface area contributed by atoms with Gasteiger partial charge in [-0.05, 0) is 0 Å². The van der Waals surface area contributed by atoms with Crippen LogP contribution in [-0.4, -0.2) is 35.4 Å². The lowest BCUT2D eigenvalue weighted by Gasteiger charge is -2.18. The fraction of sp³-hybridized carbons (Fsp3) is 0.375. The Hall–Kier alpha value is -1.73. The summed E-state index contributed by atoms with van der Waals surface area (Å²) in [5, 5.41) is 9.85. The van der Waals surface area contributed by atoms with Gasteiger partial charge in [0.25, 0.3) is 0 Å². The molecule has 0 atom stereocenters. The smallest absolute Gasteiger partial charge is 0.438 e. The molecule has 0 aliphatic rings. The number of hydrogen-bond acceptors (Lipinski definition) is 6. The maximum Gasteiger partial charge on any atom is 0.438 e. The van der Waals surface area contributed by atoms with Gasteiger partial charge in [-0.3, -0.25) is 4.84 Å².